The molecule has 6 heteroatoms. The van der Waals surface area contributed by atoms with Crippen LogP contribution in [0, 0.1) is 13.8 Å². The number of amides is 1. The summed E-state index contributed by atoms with van der Waals surface area (Å²) in [5.74, 6) is 0.137. The van der Waals surface area contributed by atoms with Gasteiger partial charge in [-0.15, -0.1) is 11.3 Å². The lowest BCUT2D eigenvalue weighted by atomic mass is 10.0. The predicted octanol–water partition coefficient (Wildman–Crippen LogP) is 2.80. The van der Waals surface area contributed by atoms with E-state index in [-0.39, 0.29) is 11.9 Å². The number of rotatable bonds is 6. The molecule has 2 N–H and O–H groups in total. The van der Waals surface area contributed by atoms with Gasteiger partial charge in [0.2, 0.25) is 5.91 Å². The number of thiophene rings is 1. The van der Waals surface area contributed by atoms with Crippen molar-refractivity contribution in [3.63, 3.8) is 0 Å². The number of hydrogen-bond acceptors (Lipinski definition) is 4. The van der Waals surface area contributed by atoms with Crippen molar-refractivity contribution >= 4 is 17.2 Å². The van der Waals surface area contributed by atoms with Crippen LogP contribution in [-0.4, -0.2) is 40.1 Å². The molecule has 2 aromatic heterocycles. The summed E-state index contributed by atoms with van der Waals surface area (Å²) < 4.78 is 0. The van der Waals surface area contributed by atoms with Gasteiger partial charge in [-0.1, -0.05) is 6.07 Å². The van der Waals surface area contributed by atoms with Crippen LogP contribution >= 0.6 is 11.3 Å². The lowest BCUT2D eigenvalue weighted by Crippen LogP contribution is -2.47. The van der Waals surface area contributed by atoms with E-state index in [1.807, 2.05) is 6.92 Å². The number of nitrogens with zero attached hydrogens (tertiary/aromatic N) is 2. The standard InChI is InChI=1S/C18H26N4OS/c1-13-14(2)20-21-17(13)7-8-18(23)19-15-5-3-9-22(11-15)12-16-6-4-10-24-16/h4,6,10,15H,3,5,7-9,11-12H2,1-2H3,(H,19,23)(H,20,21). The third-order valence-electron chi connectivity index (χ3n) is 4.77. The first-order chi connectivity index (χ1) is 11.6. The first kappa shape index (κ1) is 17.2. The average molecular weight is 347 g/mol. The second-order valence-corrected chi connectivity index (χ2v) is 7.67. The normalized spacial score (nSPS) is 18.7. The van der Waals surface area contributed by atoms with Crippen LogP contribution in [-0.2, 0) is 17.8 Å². The van der Waals surface area contributed by atoms with E-state index in [2.05, 4.69) is 44.9 Å². The van der Waals surface area contributed by atoms with Crippen LogP contribution in [0.1, 0.15) is 41.1 Å². The van der Waals surface area contributed by atoms with Crippen LogP contribution in [0.3, 0.4) is 0 Å². The minimum atomic E-state index is 0.137. The van der Waals surface area contributed by atoms with Crippen molar-refractivity contribution in [2.24, 2.45) is 0 Å². The largest absolute Gasteiger partial charge is 0.352 e. The first-order valence-electron chi connectivity index (χ1n) is 8.66. The molecule has 130 valence electrons. The minimum Gasteiger partial charge on any atom is -0.352 e. The summed E-state index contributed by atoms with van der Waals surface area (Å²) in [6.07, 6.45) is 3.43. The van der Waals surface area contributed by atoms with Crippen LogP contribution < -0.4 is 5.32 Å². The third kappa shape index (κ3) is 4.45. The molecule has 0 saturated carbocycles. The quantitative estimate of drug-likeness (QED) is 0.845. The molecule has 0 spiro atoms. The fourth-order valence-electron chi connectivity index (χ4n) is 3.25. The van der Waals surface area contributed by atoms with E-state index in [4.69, 9.17) is 0 Å². The van der Waals surface area contributed by atoms with E-state index >= 15 is 0 Å². The van der Waals surface area contributed by atoms with Crippen LogP contribution in [0.25, 0.3) is 0 Å². The molecule has 1 unspecified atom stereocenters. The first-order valence-corrected chi connectivity index (χ1v) is 9.54. The van der Waals surface area contributed by atoms with Gasteiger partial charge in [-0.3, -0.25) is 14.8 Å². The molecule has 1 aliphatic heterocycles. The molecule has 0 bridgehead atoms. The zero-order chi connectivity index (χ0) is 16.9. The van der Waals surface area contributed by atoms with Gasteiger partial charge in [0.25, 0.3) is 0 Å². The van der Waals surface area contributed by atoms with Crippen molar-refractivity contribution in [2.75, 3.05) is 13.1 Å². The summed E-state index contributed by atoms with van der Waals surface area (Å²) in [5.41, 5.74) is 3.26. The zero-order valence-electron chi connectivity index (χ0n) is 14.5. The summed E-state index contributed by atoms with van der Waals surface area (Å²) in [6, 6.07) is 4.55. The molecule has 5 nitrogen and oxygen atoms in total. The second kappa shape index (κ2) is 7.94. The summed E-state index contributed by atoms with van der Waals surface area (Å²) >= 11 is 1.80. The van der Waals surface area contributed by atoms with E-state index in [0.29, 0.717) is 12.8 Å². The Bertz CT molecular complexity index is 665. The summed E-state index contributed by atoms with van der Waals surface area (Å²) in [4.78, 5) is 16.1. The van der Waals surface area contributed by atoms with Crippen molar-refractivity contribution in [1.82, 2.24) is 20.4 Å². The van der Waals surface area contributed by atoms with E-state index in [1.54, 1.807) is 11.3 Å². The van der Waals surface area contributed by atoms with Crippen molar-refractivity contribution in [3.8, 4) is 0 Å². The van der Waals surface area contributed by atoms with Gasteiger partial charge < -0.3 is 5.32 Å². The third-order valence-corrected chi connectivity index (χ3v) is 5.63. The number of H-pyrrole nitrogens is 1. The Morgan fingerprint density at radius 2 is 2.38 bits per heavy atom. The van der Waals surface area contributed by atoms with Crippen LogP contribution in [0.15, 0.2) is 17.5 Å². The topological polar surface area (TPSA) is 61.0 Å². The Morgan fingerprint density at radius 1 is 1.50 bits per heavy atom. The molecule has 1 atom stereocenters. The monoisotopic (exact) mass is 346 g/mol. The zero-order valence-corrected chi connectivity index (χ0v) is 15.3. The lowest BCUT2D eigenvalue weighted by Gasteiger charge is -2.32. The maximum absolute atomic E-state index is 12.3. The molecule has 0 aromatic carbocycles. The maximum Gasteiger partial charge on any atom is 0.220 e. The molecule has 1 aliphatic rings. The number of aryl methyl sites for hydroxylation is 2. The molecule has 1 amide bonds. The van der Waals surface area contributed by atoms with Gasteiger partial charge in [0.05, 0.1) is 5.69 Å². The lowest BCUT2D eigenvalue weighted by molar-refractivity contribution is -0.122. The fourth-order valence-corrected chi connectivity index (χ4v) is 4.00. The summed E-state index contributed by atoms with van der Waals surface area (Å²) in [7, 11) is 0. The number of carbonyl (C=O) groups excluding carboxylic acids is 1. The highest BCUT2D eigenvalue weighted by atomic mass is 32.1. The molecule has 2 aromatic rings. The minimum absolute atomic E-state index is 0.137. The molecule has 3 rings (SSSR count). The van der Waals surface area contributed by atoms with Crippen molar-refractivity contribution in [2.45, 2.75) is 52.1 Å². The Morgan fingerprint density at radius 3 is 3.08 bits per heavy atom. The fraction of sp³-hybridized carbons (Fsp3) is 0.556. The van der Waals surface area contributed by atoms with Crippen LogP contribution in [0.4, 0.5) is 0 Å². The molecule has 3 heterocycles. The highest BCUT2D eigenvalue weighted by molar-refractivity contribution is 7.09. The number of likely N-dealkylation sites (tertiary alicyclic amines) is 1. The Hall–Kier alpha value is -1.66. The maximum atomic E-state index is 12.3. The van der Waals surface area contributed by atoms with Gasteiger partial charge in [0.1, 0.15) is 0 Å². The summed E-state index contributed by atoms with van der Waals surface area (Å²) in [5, 5.41) is 12.6. The van der Waals surface area contributed by atoms with Gasteiger partial charge in [-0.25, -0.2) is 0 Å². The number of aromatic nitrogens is 2. The van der Waals surface area contributed by atoms with Gasteiger partial charge >= 0.3 is 0 Å². The Labute approximate surface area is 147 Å². The van der Waals surface area contributed by atoms with E-state index in [0.717, 1.165) is 43.9 Å². The smallest absolute Gasteiger partial charge is 0.220 e. The molecular weight excluding hydrogens is 320 g/mol. The number of hydrogen-bond donors (Lipinski definition) is 2. The van der Waals surface area contributed by atoms with E-state index in [1.165, 1.54) is 10.4 Å². The molecule has 1 fully saturated rings. The Kier molecular flexibility index (Phi) is 5.68. The second-order valence-electron chi connectivity index (χ2n) is 6.64. The number of aromatic amines is 1. The summed E-state index contributed by atoms with van der Waals surface area (Å²) in [6.45, 7) is 7.13. The average Bonchev–Trinajstić information content (AvgIpc) is 3.17. The number of piperidine rings is 1. The molecule has 0 aliphatic carbocycles. The van der Waals surface area contributed by atoms with Crippen LogP contribution in [0.2, 0.25) is 0 Å². The molecule has 0 radical (unpaired) electrons. The highest BCUT2D eigenvalue weighted by Gasteiger charge is 2.21. The molecular formula is C18H26N4OS. The Balaban J connectivity index is 1.44. The van der Waals surface area contributed by atoms with Crippen molar-refractivity contribution < 1.29 is 4.79 Å². The number of carbonyl (C=O) groups is 1. The predicted molar refractivity (Wildman–Crippen MR) is 97.1 cm³/mol. The van der Waals surface area contributed by atoms with Crippen LogP contribution in [0.5, 0.6) is 0 Å². The van der Waals surface area contributed by atoms with Gasteiger partial charge in [0.15, 0.2) is 0 Å². The number of nitrogens with one attached hydrogen (secondary N) is 2. The highest BCUT2D eigenvalue weighted by Crippen LogP contribution is 2.17. The van der Waals surface area contributed by atoms with E-state index in [9.17, 15) is 4.79 Å². The van der Waals surface area contributed by atoms with Crippen molar-refractivity contribution in [1.29, 1.82) is 0 Å². The molecule has 1 saturated heterocycles. The van der Waals surface area contributed by atoms with Gasteiger partial charge in [-0.05, 0) is 50.2 Å². The SMILES string of the molecule is Cc1[nH]nc(CCC(=O)NC2CCCN(Cc3cccs3)C2)c1C. The van der Waals surface area contributed by atoms with Gasteiger partial charge in [0, 0.05) is 42.5 Å². The van der Waals surface area contributed by atoms with E-state index < -0.39 is 0 Å². The van der Waals surface area contributed by atoms with Gasteiger partial charge in [-0.2, -0.15) is 5.10 Å². The van der Waals surface area contributed by atoms with Crippen molar-refractivity contribution in [3.05, 3.63) is 39.3 Å². The molecule has 24 heavy (non-hydrogen) atoms.